The van der Waals surface area contributed by atoms with E-state index in [1.165, 1.54) is 16.0 Å². The molecule has 0 fully saturated rings. The predicted octanol–water partition coefficient (Wildman–Crippen LogP) is 4.45. The number of hydrogen-bond acceptors (Lipinski definition) is 5. The number of carbonyl (C=O) groups excluding carboxylic acids is 1. The van der Waals surface area contributed by atoms with Crippen molar-refractivity contribution < 1.29 is 4.79 Å². The Hall–Kier alpha value is -3.06. The molecule has 0 bridgehead atoms. The molecule has 142 valence electrons. The van der Waals surface area contributed by atoms with E-state index in [-0.39, 0.29) is 17.2 Å². The molecule has 2 aromatic carbocycles. The van der Waals surface area contributed by atoms with E-state index in [1.807, 2.05) is 24.3 Å². The molecule has 2 aromatic heterocycles. The lowest BCUT2D eigenvalue weighted by molar-refractivity contribution is 0.102. The zero-order valence-corrected chi connectivity index (χ0v) is 16.3. The molecule has 0 saturated heterocycles. The van der Waals surface area contributed by atoms with Crippen LogP contribution in [-0.4, -0.2) is 20.7 Å². The number of fused-ring (bicyclic) bond motifs is 2. The predicted molar refractivity (Wildman–Crippen MR) is 113 cm³/mol. The maximum atomic E-state index is 13.0. The molecule has 0 aliphatic carbocycles. The molecule has 6 nitrogen and oxygen atoms in total. The second-order valence-electron chi connectivity index (χ2n) is 6.57. The highest BCUT2D eigenvalue weighted by Crippen LogP contribution is 2.26. The van der Waals surface area contributed by atoms with Crippen LogP contribution in [0.25, 0.3) is 21.0 Å². The summed E-state index contributed by atoms with van der Waals surface area (Å²) in [6, 6.07) is 14.8. The van der Waals surface area contributed by atoms with Crippen LogP contribution < -0.4 is 10.9 Å². The maximum Gasteiger partial charge on any atom is 0.278 e. The Morgan fingerprint density at radius 3 is 2.61 bits per heavy atom. The monoisotopic (exact) mass is 392 g/mol. The van der Waals surface area contributed by atoms with E-state index in [2.05, 4.69) is 22.3 Å². The molecule has 0 atom stereocenters. The molecule has 1 amide bonds. The summed E-state index contributed by atoms with van der Waals surface area (Å²) in [6.45, 7) is 2.60. The van der Waals surface area contributed by atoms with Gasteiger partial charge in [0.05, 0.1) is 15.6 Å². The lowest BCUT2D eigenvalue weighted by Gasteiger charge is -2.10. The topological polar surface area (TPSA) is 76.9 Å². The first-order chi connectivity index (χ1) is 13.7. The Balaban J connectivity index is 1.72. The molecule has 0 aliphatic heterocycles. The number of aromatic nitrogens is 3. The van der Waals surface area contributed by atoms with Gasteiger partial charge in [0, 0.05) is 11.9 Å². The number of nitrogens with zero attached hydrogens (tertiary/aromatic N) is 3. The van der Waals surface area contributed by atoms with E-state index in [0.29, 0.717) is 22.4 Å². The molecule has 4 rings (SSSR count). The van der Waals surface area contributed by atoms with Gasteiger partial charge in [-0.3, -0.25) is 14.9 Å². The van der Waals surface area contributed by atoms with Crippen molar-refractivity contribution in [1.82, 2.24) is 14.8 Å². The van der Waals surface area contributed by atoms with Crippen molar-refractivity contribution in [3.8, 4) is 0 Å². The van der Waals surface area contributed by atoms with E-state index < -0.39 is 0 Å². The van der Waals surface area contributed by atoms with E-state index >= 15 is 0 Å². The van der Waals surface area contributed by atoms with Crippen molar-refractivity contribution in [2.75, 3.05) is 5.32 Å². The van der Waals surface area contributed by atoms with Crippen LogP contribution in [-0.2, 0) is 6.54 Å². The Bertz CT molecular complexity index is 1180. The number of anilines is 1. The normalized spacial score (nSPS) is 11.2. The summed E-state index contributed by atoms with van der Waals surface area (Å²) in [4.78, 5) is 30.2. The zero-order valence-electron chi connectivity index (χ0n) is 15.5. The van der Waals surface area contributed by atoms with E-state index in [1.54, 1.807) is 24.3 Å². The van der Waals surface area contributed by atoms with Gasteiger partial charge >= 0.3 is 0 Å². The molecule has 0 unspecified atom stereocenters. The summed E-state index contributed by atoms with van der Waals surface area (Å²) in [5.74, 6) is -0.362. The fourth-order valence-corrected chi connectivity index (χ4v) is 4.01. The van der Waals surface area contributed by atoms with E-state index in [9.17, 15) is 9.59 Å². The number of aryl methyl sites for hydroxylation is 1. The Morgan fingerprint density at radius 1 is 1.07 bits per heavy atom. The number of nitrogens with one attached hydrogen (secondary N) is 1. The van der Waals surface area contributed by atoms with Gasteiger partial charge in [0.25, 0.3) is 11.5 Å². The fraction of sp³-hybridized carbons (Fsp3) is 0.238. The van der Waals surface area contributed by atoms with Crippen LogP contribution in [0.1, 0.15) is 36.7 Å². The summed E-state index contributed by atoms with van der Waals surface area (Å²) in [5, 5.41) is 8.81. The second kappa shape index (κ2) is 7.90. The summed E-state index contributed by atoms with van der Waals surface area (Å²) < 4.78 is 2.41. The minimum atomic E-state index is -0.362. The third kappa shape index (κ3) is 3.53. The SMILES string of the molecule is CCCCCn1nc(C(=O)Nc2nc3ccccc3s2)c2ccccc2c1=O. The molecule has 1 N–H and O–H groups in total. The average Bonchev–Trinajstić information content (AvgIpc) is 3.12. The number of para-hydroxylation sites is 1. The Kier molecular flexibility index (Phi) is 5.16. The Labute approximate surface area is 165 Å². The molecule has 7 heteroatoms. The van der Waals surface area contributed by atoms with Crippen LogP contribution in [0.4, 0.5) is 5.13 Å². The minimum Gasteiger partial charge on any atom is -0.296 e. The van der Waals surface area contributed by atoms with Crippen molar-refractivity contribution in [3.05, 3.63) is 64.6 Å². The summed E-state index contributed by atoms with van der Waals surface area (Å²) >= 11 is 1.41. The van der Waals surface area contributed by atoms with Gasteiger partial charge in [-0.05, 0) is 24.6 Å². The summed E-state index contributed by atoms with van der Waals surface area (Å²) in [5.41, 5.74) is 0.916. The number of carbonyl (C=O) groups is 1. The molecule has 28 heavy (non-hydrogen) atoms. The first-order valence-electron chi connectivity index (χ1n) is 9.34. The van der Waals surface area contributed by atoms with Crippen LogP contribution in [0, 0.1) is 0 Å². The van der Waals surface area contributed by atoms with E-state index in [0.717, 1.165) is 29.5 Å². The Morgan fingerprint density at radius 2 is 1.82 bits per heavy atom. The zero-order chi connectivity index (χ0) is 19.5. The van der Waals surface area contributed by atoms with Crippen LogP contribution in [0.2, 0.25) is 0 Å². The molecule has 0 aliphatic rings. The van der Waals surface area contributed by atoms with Crippen LogP contribution >= 0.6 is 11.3 Å². The molecule has 2 heterocycles. The van der Waals surface area contributed by atoms with Gasteiger partial charge in [-0.1, -0.05) is 61.4 Å². The molecule has 0 radical (unpaired) electrons. The van der Waals surface area contributed by atoms with Crippen LogP contribution in [0.5, 0.6) is 0 Å². The molecular formula is C21H20N4O2S. The fourth-order valence-electron chi connectivity index (χ4n) is 3.15. The van der Waals surface area contributed by atoms with Crippen LogP contribution in [0.15, 0.2) is 53.3 Å². The maximum absolute atomic E-state index is 13.0. The number of unbranched alkanes of at least 4 members (excludes halogenated alkanes) is 2. The lowest BCUT2D eigenvalue weighted by Crippen LogP contribution is -2.27. The number of rotatable bonds is 6. The van der Waals surface area contributed by atoms with Crippen molar-refractivity contribution in [1.29, 1.82) is 0 Å². The highest BCUT2D eigenvalue weighted by molar-refractivity contribution is 7.22. The molecule has 0 saturated carbocycles. The van der Waals surface area contributed by atoms with Crippen molar-refractivity contribution in [3.63, 3.8) is 0 Å². The van der Waals surface area contributed by atoms with Crippen molar-refractivity contribution in [2.45, 2.75) is 32.7 Å². The van der Waals surface area contributed by atoms with Crippen molar-refractivity contribution >= 4 is 43.4 Å². The van der Waals surface area contributed by atoms with Gasteiger partial charge in [0.2, 0.25) is 0 Å². The van der Waals surface area contributed by atoms with Gasteiger partial charge in [0.1, 0.15) is 0 Å². The third-order valence-corrected chi connectivity index (χ3v) is 5.52. The lowest BCUT2D eigenvalue weighted by atomic mass is 10.1. The van der Waals surface area contributed by atoms with E-state index in [4.69, 9.17) is 0 Å². The van der Waals surface area contributed by atoms with Gasteiger partial charge in [0.15, 0.2) is 10.8 Å². The minimum absolute atomic E-state index is 0.164. The third-order valence-electron chi connectivity index (χ3n) is 4.57. The molecular weight excluding hydrogens is 372 g/mol. The number of benzene rings is 2. The molecule has 0 spiro atoms. The first kappa shape index (κ1) is 18.3. The molecule has 4 aromatic rings. The van der Waals surface area contributed by atoms with Gasteiger partial charge < -0.3 is 0 Å². The quantitative estimate of drug-likeness (QED) is 0.492. The van der Waals surface area contributed by atoms with Gasteiger partial charge in [-0.2, -0.15) is 5.10 Å². The second-order valence-corrected chi connectivity index (χ2v) is 7.60. The number of thiazole rings is 1. The largest absolute Gasteiger partial charge is 0.296 e. The van der Waals surface area contributed by atoms with Crippen molar-refractivity contribution in [2.24, 2.45) is 0 Å². The first-order valence-corrected chi connectivity index (χ1v) is 10.2. The average molecular weight is 392 g/mol. The summed E-state index contributed by atoms with van der Waals surface area (Å²) in [6.07, 6.45) is 2.90. The highest BCUT2D eigenvalue weighted by atomic mass is 32.1. The highest BCUT2D eigenvalue weighted by Gasteiger charge is 2.18. The van der Waals surface area contributed by atoms with Crippen LogP contribution in [0.3, 0.4) is 0 Å². The number of hydrogen-bond donors (Lipinski definition) is 1. The van der Waals surface area contributed by atoms with Gasteiger partial charge in [-0.15, -0.1) is 0 Å². The summed E-state index contributed by atoms with van der Waals surface area (Å²) in [7, 11) is 0. The van der Waals surface area contributed by atoms with Gasteiger partial charge in [-0.25, -0.2) is 9.67 Å². The smallest absolute Gasteiger partial charge is 0.278 e. The standard InChI is InChI=1S/C21H20N4O2S/c1-2-3-8-13-25-20(27)15-10-5-4-9-14(15)18(24-25)19(26)23-21-22-16-11-6-7-12-17(16)28-21/h4-7,9-12H,2-3,8,13H2,1H3,(H,22,23,26). The number of amides is 1.